The molecule has 4 nitrogen and oxygen atoms in total. The molecule has 0 saturated carbocycles. The van der Waals surface area contributed by atoms with Gasteiger partial charge in [0, 0.05) is 40.7 Å². The molecule has 0 aliphatic carbocycles. The first-order chi connectivity index (χ1) is 2.56. The summed E-state index contributed by atoms with van der Waals surface area (Å²) in [6.45, 7) is 0. The van der Waals surface area contributed by atoms with Crippen molar-refractivity contribution in [3.8, 4) is 0 Å². The molecule has 9 heavy (non-hydrogen) atoms. The van der Waals surface area contributed by atoms with Gasteiger partial charge in [0.2, 0.25) is 0 Å². The Balaban J connectivity index is -0.0000000417. The Hall–Kier alpha value is 1.72. The SMILES string of the molecule is COP(=O)(O)O.[LiH].[Mn].[Ni]. The molecule has 0 aromatic carbocycles. The van der Waals surface area contributed by atoms with Crippen molar-refractivity contribution in [3.05, 3.63) is 0 Å². The Labute approximate surface area is 85.9 Å². The van der Waals surface area contributed by atoms with Gasteiger partial charge < -0.3 is 9.79 Å². The van der Waals surface area contributed by atoms with Crippen molar-refractivity contribution in [2.24, 2.45) is 0 Å². The second kappa shape index (κ2) is 9.72. The van der Waals surface area contributed by atoms with Crippen LogP contribution in [0, 0.1) is 0 Å². The first kappa shape index (κ1) is 22.4. The van der Waals surface area contributed by atoms with Gasteiger partial charge in [-0.15, -0.1) is 0 Å². The molecule has 0 bridgehead atoms. The monoisotopic (exact) mass is 233 g/mol. The first-order valence-corrected chi connectivity index (χ1v) is 2.70. The minimum Gasteiger partial charge on any atom is 0 e. The molecule has 2 N–H and O–H groups in total. The van der Waals surface area contributed by atoms with Crippen LogP contribution in [0.2, 0.25) is 0 Å². The van der Waals surface area contributed by atoms with Crippen molar-refractivity contribution in [1.82, 2.24) is 0 Å². The van der Waals surface area contributed by atoms with Crippen LogP contribution in [-0.4, -0.2) is 35.8 Å². The van der Waals surface area contributed by atoms with Crippen LogP contribution in [0.4, 0.5) is 0 Å². The van der Waals surface area contributed by atoms with Gasteiger partial charge in [-0.1, -0.05) is 0 Å². The predicted octanol–water partition coefficient (Wildman–Crippen LogP) is -0.928. The van der Waals surface area contributed by atoms with Crippen LogP contribution >= 0.6 is 7.82 Å². The summed E-state index contributed by atoms with van der Waals surface area (Å²) in [6.07, 6.45) is 0. The average Bonchev–Trinajstić information content (AvgIpc) is 1.35. The summed E-state index contributed by atoms with van der Waals surface area (Å²) >= 11 is 0. The van der Waals surface area contributed by atoms with Crippen LogP contribution in [0.15, 0.2) is 0 Å². The maximum atomic E-state index is 9.47. The number of phosphoric ester groups is 1. The van der Waals surface area contributed by atoms with E-state index in [1.807, 2.05) is 0 Å². The Morgan fingerprint density at radius 3 is 1.56 bits per heavy atom. The van der Waals surface area contributed by atoms with Crippen molar-refractivity contribution in [2.45, 2.75) is 0 Å². The van der Waals surface area contributed by atoms with Crippen LogP contribution in [-0.2, 0) is 42.6 Å². The van der Waals surface area contributed by atoms with Gasteiger partial charge in [-0.2, -0.15) is 0 Å². The standard InChI is InChI=1S/CH5O4P.Li.Mn.Ni.H/c1-5-6(2,3)4;;;;/h1H3,(H2,2,3,4);;;;. The molecule has 1 radical (unpaired) electrons. The Morgan fingerprint density at radius 2 is 1.56 bits per heavy atom. The van der Waals surface area contributed by atoms with E-state index in [9.17, 15) is 4.57 Å². The summed E-state index contributed by atoms with van der Waals surface area (Å²) in [6, 6.07) is 0. The molecular weight excluding hydrogens is 228 g/mol. The average molecular weight is 234 g/mol. The van der Waals surface area contributed by atoms with Crippen molar-refractivity contribution >= 4 is 26.7 Å². The third-order valence-corrected chi connectivity index (χ3v) is 0.714. The van der Waals surface area contributed by atoms with Gasteiger partial charge >= 0.3 is 26.7 Å². The number of phosphoric acid groups is 1. The zero-order chi connectivity index (χ0) is 5.21. The fourth-order valence-corrected chi connectivity index (χ4v) is 0. The molecule has 0 atom stereocenters. The third-order valence-electron chi connectivity index (χ3n) is 0.238. The molecule has 0 heterocycles. The van der Waals surface area contributed by atoms with Gasteiger partial charge in [-0.3, -0.25) is 4.52 Å². The van der Waals surface area contributed by atoms with Crippen molar-refractivity contribution in [3.63, 3.8) is 0 Å². The summed E-state index contributed by atoms with van der Waals surface area (Å²) in [5.41, 5.74) is 0. The third kappa shape index (κ3) is 26.0. The molecule has 0 saturated heterocycles. The summed E-state index contributed by atoms with van der Waals surface area (Å²) in [7, 11) is -3.20. The summed E-state index contributed by atoms with van der Waals surface area (Å²) in [5, 5.41) is 0. The minimum atomic E-state index is -4.15. The van der Waals surface area contributed by atoms with Gasteiger partial charge in [-0.05, 0) is 0 Å². The van der Waals surface area contributed by atoms with Crippen LogP contribution in [0.3, 0.4) is 0 Å². The molecule has 0 amide bonds. The molecule has 57 valence electrons. The first-order valence-electron chi connectivity index (χ1n) is 1.17. The normalized spacial score (nSPS) is 7.89. The van der Waals surface area contributed by atoms with E-state index >= 15 is 0 Å². The molecule has 0 aliphatic rings. The molecule has 0 spiro atoms. The van der Waals surface area contributed by atoms with E-state index in [4.69, 9.17) is 9.79 Å². The molecule has 0 aromatic heterocycles. The van der Waals surface area contributed by atoms with E-state index in [0.29, 0.717) is 0 Å². The zero-order valence-electron chi connectivity index (χ0n) is 3.85. The maximum absolute atomic E-state index is 9.47. The zero-order valence-corrected chi connectivity index (χ0v) is 6.91. The van der Waals surface area contributed by atoms with Crippen LogP contribution in [0.5, 0.6) is 0 Å². The van der Waals surface area contributed by atoms with Gasteiger partial charge in [0.05, 0.1) is 0 Å². The van der Waals surface area contributed by atoms with E-state index in [0.717, 1.165) is 7.11 Å². The molecule has 0 unspecified atom stereocenters. The Morgan fingerprint density at radius 1 is 1.44 bits per heavy atom. The second-order valence-corrected chi connectivity index (χ2v) is 2.02. The Bertz CT molecular complexity index is 84.6. The fraction of sp³-hybridized carbons (Fsp3) is 1.00. The molecule has 0 aliphatic heterocycles. The van der Waals surface area contributed by atoms with Crippen molar-refractivity contribution in [1.29, 1.82) is 0 Å². The number of hydrogen-bond donors (Lipinski definition) is 2. The van der Waals surface area contributed by atoms with Gasteiger partial charge in [0.15, 0.2) is 0 Å². The number of hydrogen-bond acceptors (Lipinski definition) is 2. The minimum absolute atomic E-state index is 0. The largest absolute Gasteiger partial charge is 0 e. The summed E-state index contributed by atoms with van der Waals surface area (Å²) in [5.74, 6) is 0. The van der Waals surface area contributed by atoms with Crippen LogP contribution in [0.25, 0.3) is 0 Å². The topological polar surface area (TPSA) is 66.8 Å². The van der Waals surface area contributed by atoms with Crippen molar-refractivity contribution in [2.75, 3.05) is 7.11 Å². The van der Waals surface area contributed by atoms with E-state index in [2.05, 4.69) is 4.52 Å². The number of rotatable bonds is 1. The summed E-state index contributed by atoms with van der Waals surface area (Å²) < 4.78 is 13.1. The van der Waals surface area contributed by atoms with Gasteiger partial charge in [0.25, 0.3) is 0 Å². The smallest absolute Gasteiger partial charge is 0 e. The predicted molar refractivity (Wildman–Crippen MR) is 26.2 cm³/mol. The van der Waals surface area contributed by atoms with Gasteiger partial charge in [-0.25, -0.2) is 4.57 Å². The molecule has 8 heteroatoms. The molecule has 0 rings (SSSR count). The van der Waals surface area contributed by atoms with E-state index in [-0.39, 0.29) is 52.4 Å². The fourth-order valence-electron chi connectivity index (χ4n) is 0. The molecule has 0 aromatic rings. The van der Waals surface area contributed by atoms with Crippen LogP contribution < -0.4 is 0 Å². The maximum Gasteiger partial charge on any atom is 0 e. The second-order valence-electron chi connectivity index (χ2n) is 0.673. The molecular formula is CH6LiMnNiO4P. The quantitative estimate of drug-likeness (QED) is 0.454. The molecule has 0 fully saturated rings. The van der Waals surface area contributed by atoms with E-state index in [1.54, 1.807) is 0 Å². The summed E-state index contributed by atoms with van der Waals surface area (Å²) in [4.78, 5) is 15.4. The van der Waals surface area contributed by atoms with E-state index < -0.39 is 7.82 Å². The van der Waals surface area contributed by atoms with Crippen LogP contribution in [0.1, 0.15) is 0 Å². The Kier molecular flexibility index (Phi) is 24.2. The van der Waals surface area contributed by atoms with Crippen molar-refractivity contribution < 1.29 is 52.4 Å². The van der Waals surface area contributed by atoms with Gasteiger partial charge in [0.1, 0.15) is 0 Å². The van der Waals surface area contributed by atoms with E-state index in [1.165, 1.54) is 0 Å².